The number of hydrogen-bond donors (Lipinski definition) is 3. The number of aromatic nitrogens is 2. The summed E-state index contributed by atoms with van der Waals surface area (Å²) in [6, 6.07) is 16.6. The first-order valence-electron chi connectivity index (χ1n) is 9.94. The third kappa shape index (κ3) is 5.01. The van der Waals surface area contributed by atoms with E-state index in [-0.39, 0.29) is 16.6 Å². The van der Waals surface area contributed by atoms with Crippen LogP contribution >= 0.6 is 11.3 Å². The van der Waals surface area contributed by atoms with Crippen molar-refractivity contribution in [1.29, 1.82) is 0 Å². The van der Waals surface area contributed by atoms with Gasteiger partial charge in [-0.05, 0) is 37.3 Å². The third-order valence-electron chi connectivity index (χ3n) is 4.81. The second kappa shape index (κ2) is 9.51. The molecule has 0 fully saturated rings. The predicted molar refractivity (Wildman–Crippen MR) is 131 cm³/mol. The lowest BCUT2D eigenvalue weighted by Gasteiger charge is -2.09. The van der Waals surface area contributed by atoms with Crippen LogP contribution in [0.5, 0.6) is 0 Å². The zero-order chi connectivity index (χ0) is 24.3. The Morgan fingerprint density at radius 2 is 1.85 bits per heavy atom. The molecule has 0 spiro atoms. The normalized spacial score (nSPS) is 11.1. The second-order valence-electron chi connectivity index (χ2n) is 7.18. The van der Waals surface area contributed by atoms with Crippen LogP contribution in [0.4, 0.5) is 11.5 Å². The van der Waals surface area contributed by atoms with E-state index in [1.807, 2.05) is 0 Å². The maximum atomic E-state index is 13.0. The fourth-order valence-corrected chi connectivity index (χ4v) is 4.95. The maximum Gasteiger partial charge on any atom is 0.269 e. The monoisotopic (exact) mass is 493 g/mol. The van der Waals surface area contributed by atoms with E-state index in [9.17, 15) is 18.0 Å². The number of primary sulfonamides is 1. The number of carbonyl (C=O) groups excluding carboxylic acids is 2. The molecular weight excluding hydrogens is 474 g/mol. The standard InChI is InChI=1S/C23H19N5O4S2/c1-14-27-21(15-5-4-6-17(11-15)26-13-29)22(33-14)23(30)28-20-10-9-16(12-25-20)18-7-2-3-8-19(18)34(24,31)32/h2-13H,1H3,(H,26,29)(H2,24,31,32)(H,25,28,30). The number of rotatable bonds is 7. The van der Waals surface area contributed by atoms with Crippen LogP contribution in [0.3, 0.4) is 0 Å². The molecule has 0 aliphatic heterocycles. The summed E-state index contributed by atoms with van der Waals surface area (Å²) in [5.74, 6) is -0.102. The first kappa shape index (κ1) is 23.2. The Balaban J connectivity index is 1.60. The van der Waals surface area contributed by atoms with E-state index in [4.69, 9.17) is 5.14 Å². The topological polar surface area (TPSA) is 144 Å². The van der Waals surface area contributed by atoms with E-state index in [1.54, 1.807) is 61.5 Å². The molecule has 4 N–H and O–H groups in total. The Labute approximate surface area is 199 Å². The van der Waals surface area contributed by atoms with Gasteiger partial charge in [0.1, 0.15) is 10.7 Å². The summed E-state index contributed by atoms with van der Waals surface area (Å²) >= 11 is 1.24. The van der Waals surface area contributed by atoms with Gasteiger partial charge in [-0.1, -0.05) is 30.3 Å². The summed E-state index contributed by atoms with van der Waals surface area (Å²) in [7, 11) is -3.91. The van der Waals surface area contributed by atoms with Crippen LogP contribution in [0.2, 0.25) is 0 Å². The summed E-state index contributed by atoms with van der Waals surface area (Å²) < 4.78 is 23.8. The van der Waals surface area contributed by atoms with E-state index < -0.39 is 10.0 Å². The molecule has 0 saturated heterocycles. The van der Waals surface area contributed by atoms with Crippen molar-refractivity contribution in [3.63, 3.8) is 0 Å². The number of nitrogens with two attached hydrogens (primary N) is 1. The summed E-state index contributed by atoms with van der Waals surface area (Å²) in [6.45, 7) is 1.80. The molecule has 0 aliphatic carbocycles. The minimum absolute atomic E-state index is 0.00957. The molecule has 0 atom stereocenters. The van der Waals surface area contributed by atoms with Crippen molar-refractivity contribution in [2.45, 2.75) is 11.8 Å². The Hall–Kier alpha value is -3.93. The summed E-state index contributed by atoms with van der Waals surface area (Å²) in [4.78, 5) is 32.9. The fourth-order valence-electron chi connectivity index (χ4n) is 3.35. The molecule has 0 radical (unpaired) electrons. The number of pyridine rings is 1. The number of anilines is 2. The minimum Gasteiger partial charge on any atom is -0.329 e. The molecule has 9 nitrogen and oxygen atoms in total. The van der Waals surface area contributed by atoms with Crippen molar-refractivity contribution in [3.05, 3.63) is 76.7 Å². The van der Waals surface area contributed by atoms with Gasteiger partial charge in [0, 0.05) is 28.6 Å². The predicted octanol–water partition coefficient (Wildman–Crippen LogP) is 3.65. The largest absolute Gasteiger partial charge is 0.329 e. The molecule has 172 valence electrons. The van der Waals surface area contributed by atoms with E-state index >= 15 is 0 Å². The highest BCUT2D eigenvalue weighted by Gasteiger charge is 2.20. The van der Waals surface area contributed by atoms with Crippen LogP contribution in [-0.4, -0.2) is 30.7 Å². The van der Waals surface area contributed by atoms with Crippen LogP contribution in [0.15, 0.2) is 71.8 Å². The maximum absolute atomic E-state index is 13.0. The number of sulfonamides is 1. The molecular formula is C23H19N5O4S2. The number of benzene rings is 2. The number of nitrogens with one attached hydrogen (secondary N) is 2. The van der Waals surface area contributed by atoms with Gasteiger partial charge in [-0.25, -0.2) is 23.5 Å². The van der Waals surface area contributed by atoms with Crippen molar-refractivity contribution in [2.24, 2.45) is 5.14 Å². The lowest BCUT2D eigenvalue weighted by atomic mass is 10.1. The highest BCUT2D eigenvalue weighted by atomic mass is 32.2. The van der Waals surface area contributed by atoms with E-state index in [2.05, 4.69) is 20.6 Å². The average molecular weight is 494 g/mol. The van der Waals surface area contributed by atoms with E-state index in [1.165, 1.54) is 23.6 Å². The minimum atomic E-state index is -3.91. The number of thiazole rings is 1. The summed E-state index contributed by atoms with van der Waals surface area (Å²) in [5.41, 5.74) is 2.72. The molecule has 0 bridgehead atoms. The first-order chi connectivity index (χ1) is 16.3. The van der Waals surface area contributed by atoms with Crippen molar-refractivity contribution in [1.82, 2.24) is 9.97 Å². The number of amides is 2. The second-order valence-corrected chi connectivity index (χ2v) is 9.91. The highest BCUT2D eigenvalue weighted by Crippen LogP contribution is 2.31. The van der Waals surface area contributed by atoms with Crippen molar-refractivity contribution < 1.29 is 18.0 Å². The molecule has 4 rings (SSSR count). The first-order valence-corrected chi connectivity index (χ1v) is 12.3. The SMILES string of the molecule is Cc1nc(-c2cccc(NC=O)c2)c(C(=O)Nc2ccc(-c3ccccc3S(N)(=O)=O)cn2)s1. The van der Waals surface area contributed by atoms with Gasteiger partial charge < -0.3 is 10.6 Å². The highest BCUT2D eigenvalue weighted by molar-refractivity contribution is 7.89. The lowest BCUT2D eigenvalue weighted by molar-refractivity contribution is -0.105. The number of aryl methyl sites for hydroxylation is 1. The zero-order valence-electron chi connectivity index (χ0n) is 17.8. The Morgan fingerprint density at radius 1 is 1.06 bits per heavy atom. The van der Waals surface area contributed by atoms with Gasteiger partial charge in [0.25, 0.3) is 5.91 Å². The number of carbonyl (C=O) groups is 2. The molecule has 0 unspecified atom stereocenters. The van der Waals surface area contributed by atoms with Crippen LogP contribution in [0, 0.1) is 6.92 Å². The summed E-state index contributed by atoms with van der Waals surface area (Å²) in [5, 5.41) is 11.4. The van der Waals surface area contributed by atoms with Gasteiger partial charge in [0.2, 0.25) is 16.4 Å². The van der Waals surface area contributed by atoms with E-state index in [0.29, 0.717) is 44.4 Å². The quantitative estimate of drug-likeness (QED) is 0.335. The molecule has 2 aromatic carbocycles. The van der Waals surface area contributed by atoms with Gasteiger partial charge in [-0.15, -0.1) is 11.3 Å². The molecule has 4 aromatic rings. The number of hydrogen-bond acceptors (Lipinski definition) is 7. The fraction of sp³-hybridized carbons (Fsp3) is 0.0435. The third-order valence-corrected chi connectivity index (χ3v) is 6.75. The molecule has 34 heavy (non-hydrogen) atoms. The van der Waals surface area contributed by atoms with Crippen molar-refractivity contribution in [3.8, 4) is 22.4 Å². The van der Waals surface area contributed by atoms with Gasteiger partial charge in [0.05, 0.1) is 15.6 Å². The van der Waals surface area contributed by atoms with Gasteiger partial charge in [-0.3, -0.25) is 9.59 Å². The molecule has 0 saturated carbocycles. The molecule has 2 heterocycles. The average Bonchev–Trinajstić information content (AvgIpc) is 3.21. The Morgan fingerprint density at radius 3 is 2.56 bits per heavy atom. The molecule has 2 amide bonds. The smallest absolute Gasteiger partial charge is 0.269 e. The Bertz CT molecular complexity index is 1480. The molecule has 11 heteroatoms. The van der Waals surface area contributed by atoms with Crippen LogP contribution in [0.25, 0.3) is 22.4 Å². The van der Waals surface area contributed by atoms with Crippen molar-refractivity contribution >= 4 is 45.2 Å². The zero-order valence-corrected chi connectivity index (χ0v) is 19.5. The van der Waals surface area contributed by atoms with Crippen molar-refractivity contribution in [2.75, 3.05) is 10.6 Å². The van der Waals surface area contributed by atoms with E-state index in [0.717, 1.165) is 0 Å². The van der Waals surface area contributed by atoms with Crippen LogP contribution in [-0.2, 0) is 14.8 Å². The lowest BCUT2D eigenvalue weighted by Crippen LogP contribution is -2.14. The molecule has 0 aliphatic rings. The van der Waals surface area contributed by atoms with Gasteiger partial charge in [0.15, 0.2) is 0 Å². The summed E-state index contributed by atoms with van der Waals surface area (Å²) in [6.07, 6.45) is 2.04. The number of nitrogens with zero attached hydrogens (tertiary/aromatic N) is 2. The van der Waals surface area contributed by atoms with Crippen LogP contribution < -0.4 is 15.8 Å². The van der Waals surface area contributed by atoms with Crippen LogP contribution in [0.1, 0.15) is 14.7 Å². The van der Waals surface area contributed by atoms with Gasteiger partial charge >= 0.3 is 0 Å². The van der Waals surface area contributed by atoms with Gasteiger partial charge in [-0.2, -0.15) is 0 Å². The Kier molecular flexibility index (Phi) is 6.50. The molecule has 2 aromatic heterocycles.